The number of rotatable bonds is 3. The van der Waals surface area contributed by atoms with Crippen LogP contribution in [0.5, 0.6) is 0 Å². The molecule has 8 nitrogen and oxygen atoms in total. The fraction of sp³-hybridized carbons (Fsp3) is 0.211. The highest BCUT2D eigenvalue weighted by Crippen LogP contribution is 2.30. The standard InChI is InChI=1S/C19H14F3N5O3/c1-10-15(17(29)25(3)18(30)26(10)19(20,21)22)16-14(11(2)28)9-24-27(16)13-6-4-12(8-23)5-7-13/h4-7,9H,1-3H3. The van der Waals surface area contributed by atoms with Crippen LogP contribution in [0.15, 0.2) is 40.1 Å². The molecule has 154 valence electrons. The molecule has 0 amide bonds. The van der Waals surface area contributed by atoms with Gasteiger partial charge in [-0.05, 0) is 38.1 Å². The van der Waals surface area contributed by atoms with Gasteiger partial charge in [-0.1, -0.05) is 0 Å². The maximum atomic E-state index is 13.5. The summed E-state index contributed by atoms with van der Waals surface area (Å²) in [6, 6.07) is 7.78. The van der Waals surface area contributed by atoms with Gasteiger partial charge in [-0.15, -0.1) is 13.2 Å². The number of ketones is 1. The highest BCUT2D eigenvalue weighted by Gasteiger charge is 2.37. The van der Waals surface area contributed by atoms with Crippen LogP contribution < -0.4 is 11.2 Å². The summed E-state index contributed by atoms with van der Waals surface area (Å²) in [5.41, 5.74) is -3.34. The van der Waals surface area contributed by atoms with E-state index in [0.717, 1.165) is 24.9 Å². The molecule has 0 atom stereocenters. The molecule has 11 heteroatoms. The highest BCUT2D eigenvalue weighted by atomic mass is 19.4. The first-order valence-electron chi connectivity index (χ1n) is 8.48. The lowest BCUT2D eigenvalue weighted by Gasteiger charge is -2.18. The fourth-order valence-electron chi connectivity index (χ4n) is 3.11. The number of carbonyl (C=O) groups is 1. The van der Waals surface area contributed by atoms with Crippen LogP contribution in [0.1, 0.15) is 28.5 Å². The summed E-state index contributed by atoms with van der Waals surface area (Å²) in [5, 5.41) is 13.0. The summed E-state index contributed by atoms with van der Waals surface area (Å²) in [4.78, 5) is 37.1. The first-order chi connectivity index (χ1) is 14.0. The predicted molar refractivity (Wildman–Crippen MR) is 99.3 cm³/mol. The minimum Gasteiger partial charge on any atom is -0.294 e. The zero-order valence-corrected chi connectivity index (χ0v) is 16.0. The number of halogens is 3. The molecule has 2 heterocycles. The summed E-state index contributed by atoms with van der Waals surface area (Å²) < 4.78 is 41.6. The van der Waals surface area contributed by atoms with Gasteiger partial charge in [-0.25, -0.2) is 14.0 Å². The third-order valence-electron chi connectivity index (χ3n) is 4.57. The fourth-order valence-corrected chi connectivity index (χ4v) is 3.11. The summed E-state index contributed by atoms with van der Waals surface area (Å²) in [5.74, 6) is -0.531. The Balaban J connectivity index is 2.47. The molecule has 30 heavy (non-hydrogen) atoms. The normalized spacial score (nSPS) is 11.4. The third kappa shape index (κ3) is 3.22. The van der Waals surface area contributed by atoms with Crippen LogP contribution in [-0.2, 0) is 13.3 Å². The van der Waals surface area contributed by atoms with E-state index < -0.39 is 39.2 Å². The first kappa shape index (κ1) is 20.8. The number of nitrogens with zero attached hydrogens (tertiary/aromatic N) is 5. The Morgan fingerprint density at radius 1 is 1.17 bits per heavy atom. The summed E-state index contributed by atoms with van der Waals surface area (Å²) >= 11 is 0. The van der Waals surface area contributed by atoms with Crippen LogP contribution in [0.4, 0.5) is 13.2 Å². The summed E-state index contributed by atoms with van der Waals surface area (Å²) in [6.07, 6.45) is -3.95. The number of benzene rings is 1. The molecule has 0 aliphatic rings. The number of alkyl halides is 3. The zero-order chi connectivity index (χ0) is 22.4. The van der Waals surface area contributed by atoms with Crippen molar-refractivity contribution in [1.82, 2.24) is 18.9 Å². The molecule has 2 aromatic heterocycles. The number of Topliss-reactive ketones (excluding diaryl/α,β-unsaturated/α-hetero) is 1. The number of carbonyl (C=O) groups excluding carboxylic acids is 1. The summed E-state index contributed by atoms with van der Waals surface area (Å²) in [7, 11) is 0.922. The lowest BCUT2D eigenvalue weighted by Crippen LogP contribution is -2.45. The van der Waals surface area contributed by atoms with E-state index in [1.54, 1.807) is 0 Å². The van der Waals surface area contributed by atoms with Gasteiger partial charge >= 0.3 is 12.0 Å². The van der Waals surface area contributed by atoms with E-state index in [2.05, 4.69) is 5.10 Å². The number of nitriles is 1. The Morgan fingerprint density at radius 2 is 1.77 bits per heavy atom. The highest BCUT2D eigenvalue weighted by molar-refractivity contribution is 6.00. The van der Waals surface area contributed by atoms with Crippen molar-refractivity contribution >= 4 is 5.78 Å². The molecule has 0 saturated heterocycles. The van der Waals surface area contributed by atoms with Crippen molar-refractivity contribution in [1.29, 1.82) is 5.26 Å². The zero-order valence-electron chi connectivity index (χ0n) is 16.0. The second kappa shape index (κ2) is 7.14. The quantitative estimate of drug-likeness (QED) is 0.609. The van der Waals surface area contributed by atoms with E-state index in [1.165, 1.54) is 31.2 Å². The number of hydrogen-bond donors (Lipinski definition) is 0. The molecule has 0 radical (unpaired) electrons. The molecule has 0 aliphatic carbocycles. The molecule has 0 bridgehead atoms. The van der Waals surface area contributed by atoms with Gasteiger partial charge < -0.3 is 0 Å². The van der Waals surface area contributed by atoms with E-state index >= 15 is 0 Å². The molecular weight excluding hydrogens is 403 g/mol. The van der Waals surface area contributed by atoms with Gasteiger partial charge in [0.15, 0.2) is 5.78 Å². The van der Waals surface area contributed by atoms with Crippen molar-refractivity contribution < 1.29 is 18.0 Å². The van der Waals surface area contributed by atoms with Crippen molar-refractivity contribution in [3.63, 3.8) is 0 Å². The van der Waals surface area contributed by atoms with Gasteiger partial charge in [0.25, 0.3) is 5.56 Å². The van der Waals surface area contributed by atoms with Gasteiger partial charge in [0, 0.05) is 12.7 Å². The van der Waals surface area contributed by atoms with Gasteiger partial charge in [-0.3, -0.25) is 14.2 Å². The first-order valence-corrected chi connectivity index (χ1v) is 8.48. The second-order valence-electron chi connectivity index (χ2n) is 6.44. The van der Waals surface area contributed by atoms with Crippen molar-refractivity contribution in [3.05, 3.63) is 68.1 Å². The molecule has 0 unspecified atom stereocenters. The molecular formula is C19H14F3N5O3. The molecule has 3 rings (SSSR count). The molecule has 0 N–H and O–H groups in total. The van der Waals surface area contributed by atoms with Crippen molar-refractivity contribution in [2.75, 3.05) is 0 Å². The van der Waals surface area contributed by atoms with Crippen LogP contribution in [0.25, 0.3) is 16.9 Å². The van der Waals surface area contributed by atoms with Gasteiger partial charge in [0.1, 0.15) is 0 Å². The van der Waals surface area contributed by atoms with Gasteiger partial charge in [0.05, 0.1) is 40.3 Å². The van der Waals surface area contributed by atoms with Gasteiger partial charge in [0.2, 0.25) is 0 Å². The van der Waals surface area contributed by atoms with Crippen LogP contribution in [-0.4, -0.2) is 24.7 Å². The molecule has 1 aromatic carbocycles. The van der Waals surface area contributed by atoms with Crippen molar-refractivity contribution in [2.24, 2.45) is 7.05 Å². The minimum atomic E-state index is -5.09. The maximum absolute atomic E-state index is 13.5. The lowest BCUT2D eigenvalue weighted by atomic mass is 10.0. The average Bonchev–Trinajstić information content (AvgIpc) is 3.10. The van der Waals surface area contributed by atoms with E-state index in [0.29, 0.717) is 15.8 Å². The molecule has 0 fully saturated rings. The second-order valence-corrected chi connectivity index (χ2v) is 6.44. The maximum Gasteiger partial charge on any atom is 0.492 e. The molecule has 0 aliphatic heterocycles. The molecule has 0 spiro atoms. The molecule has 3 aromatic rings. The molecule has 0 saturated carbocycles. The van der Waals surface area contributed by atoms with E-state index in [4.69, 9.17) is 5.26 Å². The van der Waals surface area contributed by atoms with Crippen LogP contribution in [0, 0.1) is 18.3 Å². The Kier molecular flexibility index (Phi) is 4.95. The number of aromatic nitrogens is 4. The average molecular weight is 417 g/mol. The van der Waals surface area contributed by atoms with Crippen LogP contribution in [0.2, 0.25) is 0 Å². The Labute approximate surface area is 167 Å². The number of hydrogen-bond acceptors (Lipinski definition) is 5. The predicted octanol–water partition coefficient (Wildman–Crippen LogP) is 2.26. The van der Waals surface area contributed by atoms with Crippen molar-refractivity contribution in [3.8, 4) is 23.0 Å². The topological polar surface area (TPSA) is 103 Å². The minimum absolute atomic E-state index is 0.0908. The van der Waals surface area contributed by atoms with Crippen molar-refractivity contribution in [2.45, 2.75) is 20.1 Å². The van der Waals surface area contributed by atoms with E-state index in [1.807, 2.05) is 6.07 Å². The monoisotopic (exact) mass is 417 g/mol. The largest absolute Gasteiger partial charge is 0.492 e. The lowest BCUT2D eigenvalue weighted by molar-refractivity contribution is -0.208. The smallest absolute Gasteiger partial charge is 0.294 e. The van der Waals surface area contributed by atoms with Crippen LogP contribution >= 0.6 is 0 Å². The third-order valence-corrected chi connectivity index (χ3v) is 4.57. The SMILES string of the molecule is CC(=O)c1cnn(-c2ccc(C#N)cc2)c1-c1c(C)n(C(F)(F)F)c(=O)n(C)c1=O. The van der Waals surface area contributed by atoms with Gasteiger partial charge in [-0.2, -0.15) is 10.4 Å². The Hall–Kier alpha value is -3.94. The Morgan fingerprint density at radius 3 is 2.27 bits per heavy atom. The van der Waals surface area contributed by atoms with Crippen LogP contribution in [0.3, 0.4) is 0 Å². The Bertz CT molecular complexity index is 1320. The summed E-state index contributed by atoms with van der Waals surface area (Å²) in [6.45, 7) is 2.16. The van der Waals surface area contributed by atoms with E-state index in [9.17, 15) is 27.6 Å². The van der Waals surface area contributed by atoms with E-state index in [-0.39, 0.29) is 11.3 Å².